The van der Waals surface area contributed by atoms with Crippen LogP contribution in [0.3, 0.4) is 0 Å². The summed E-state index contributed by atoms with van der Waals surface area (Å²) in [6.07, 6.45) is 3.78. The van der Waals surface area contributed by atoms with Crippen LogP contribution < -0.4 is 4.74 Å². The topological polar surface area (TPSA) is 73.1 Å². The van der Waals surface area contributed by atoms with E-state index < -0.39 is 6.10 Å². The fourth-order valence-electron chi connectivity index (χ4n) is 2.15. The Bertz CT molecular complexity index is 551. The van der Waals surface area contributed by atoms with Crippen LogP contribution in [0.15, 0.2) is 24.7 Å². The quantitative estimate of drug-likeness (QED) is 0.836. The first-order chi connectivity index (χ1) is 10.1. The molecule has 0 aliphatic rings. The molecule has 2 aromatic rings. The van der Waals surface area contributed by atoms with E-state index in [-0.39, 0.29) is 0 Å². The van der Waals surface area contributed by atoms with E-state index in [1.165, 1.54) is 0 Å². The van der Waals surface area contributed by atoms with Gasteiger partial charge in [0.15, 0.2) is 0 Å². The second kappa shape index (κ2) is 7.17. The van der Waals surface area contributed by atoms with Gasteiger partial charge in [-0.05, 0) is 11.5 Å². The lowest BCUT2D eigenvalue weighted by molar-refractivity contribution is 0.170. The minimum Gasteiger partial charge on any atom is -0.481 e. The zero-order valence-corrected chi connectivity index (χ0v) is 12.7. The molecule has 2 aromatic heterocycles. The Kier molecular flexibility index (Phi) is 5.27. The summed E-state index contributed by atoms with van der Waals surface area (Å²) in [5, 5.41) is 14.4. The number of ether oxygens (including phenoxy) is 1. The summed E-state index contributed by atoms with van der Waals surface area (Å²) >= 11 is 0. The van der Waals surface area contributed by atoms with Crippen LogP contribution in [0.4, 0.5) is 0 Å². The highest BCUT2D eigenvalue weighted by Crippen LogP contribution is 2.11. The van der Waals surface area contributed by atoms with Gasteiger partial charge in [-0.1, -0.05) is 19.9 Å². The van der Waals surface area contributed by atoms with Crippen LogP contribution in [0.1, 0.15) is 25.2 Å². The Labute approximate surface area is 124 Å². The monoisotopic (exact) mass is 290 g/mol. The molecule has 0 bridgehead atoms. The molecule has 0 aromatic carbocycles. The van der Waals surface area contributed by atoms with Gasteiger partial charge in [-0.25, -0.2) is 14.6 Å². The van der Waals surface area contributed by atoms with Crippen molar-refractivity contribution in [3.63, 3.8) is 0 Å². The smallest absolute Gasteiger partial charge is 0.212 e. The van der Waals surface area contributed by atoms with E-state index >= 15 is 0 Å². The molecule has 1 N–H and O–H groups in total. The summed E-state index contributed by atoms with van der Waals surface area (Å²) in [7, 11) is 1.58. The fraction of sp³-hybridized carbons (Fsp3) is 0.533. The number of rotatable bonds is 7. The molecule has 0 fully saturated rings. The van der Waals surface area contributed by atoms with Gasteiger partial charge < -0.3 is 9.84 Å². The molecule has 1 atom stereocenters. The van der Waals surface area contributed by atoms with Crippen molar-refractivity contribution in [3.8, 4) is 5.88 Å². The zero-order valence-electron chi connectivity index (χ0n) is 12.7. The average Bonchev–Trinajstić information content (AvgIpc) is 2.86. The summed E-state index contributed by atoms with van der Waals surface area (Å²) in [5.74, 6) is 1.89. The molecule has 0 aliphatic heterocycles. The number of pyridine rings is 1. The van der Waals surface area contributed by atoms with Gasteiger partial charge in [-0.3, -0.25) is 0 Å². The Morgan fingerprint density at radius 1 is 1.24 bits per heavy atom. The minimum absolute atomic E-state index is 0.485. The summed E-state index contributed by atoms with van der Waals surface area (Å²) in [6, 6.07) is 3.71. The highest BCUT2D eigenvalue weighted by Gasteiger charge is 2.13. The number of nitrogens with zero attached hydrogens (tertiary/aromatic N) is 4. The average molecular weight is 290 g/mol. The second-order valence-electron chi connectivity index (χ2n) is 5.52. The summed E-state index contributed by atoms with van der Waals surface area (Å²) in [5.41, 5.74) is 0.971. The number of aliphatic hydroxyl groups is 1. The van der Waals surface area contributed by atoms with Crippen LogP contribution in [0.25, 0.3) is 0 Å². The normalized spacial score (nSPS) is 12.6. The molecule has 114 valence electrons. The Hall–Kier alpha value is -1.95. The van der Waals surface area contributed by atoms with Gasteiger partial charge in [0.1, 0.15) is 12.2 Å². The Balaban J connectivity index is 1.94. The number of aliphatic hydroxyl groups excluding tert-OH is 1. The lowest BCUT2D eigenvalue weighted by Gasteiger charge is -2.12. The van der Waals surface area contributed by atoms with E-state index in [0.717, 1.165) is 17.9 Å². The first-order valence-corrected chi connectivity index (χ1v) is 7.12. The standard InChI is InChI=1S/C15H22N4O2/c1-11(2)9-19-14(17-10-18-19)7-13(20)6-12-4-5-15(21-3)16-8-12/h4-5,8,10-11,13,20H,6-7,9H2,1-3H3. The van der Waals surface area contributed by atoms with Crippen LogP contribution >= 0.6 is 0 Å². The zero-order chi connectivity index (χ0) is 15.2. The number of hydrogen-bond donors (Lipinski definition) is 1. The van der Waals surface area contributed by atoms with Crippen molar-refractivity contribution >= 4 is 0 Å². The van der Waals surface area contributed by atoms with Gasteiger partial charge in [0.05, 0.1) is 13.2 Å². The maximum Gasteiger partial charge on any atom is 0.212 e. The molecule has 0 saturated heterocycles. The molecule has 0 spiro atoms. The number of aromatic nitrogens is 4. The molecule has 2 rings (SSSR count). The Morgan fingerprint density at radius 3 is 2.67 bits per heavy atom. The minimum atomic E-state index is -0.504. The largest absolute Gasteiger partial charge is 0.481 e. The van der Waals surface area contributed by atoms with Gasteiger partial charge in [-0.15, -0.1) is 0 Å². The molecular formula is C15H22N4O2. The summed E-state index contributed by atoms with van der Waals surface area (Å²) < 4.78 is 6.88. The van der Waals surface area contributed by atoms with E-state index in [0.29, 0.717) is 24.6 Å². The first-order valence-electron chi connectivity index (χ1n) is 7.12. The predicted octanol–water partition coefficient (Wildman–Crippen LogP) is 1.48. The van der Waals surface area contributed by atoms with E-state index in [1.54, 1.807) is 25.7 Å². The highest BCUT2D eigenvalue weighted by molar-refractivity contribution is 5.18. The molecule has 2 heterocycles. The first kappa shape index (κ1) is 15.4. The van der Waals surface area contributed by atoms with Crippen LogP contribution in [0.2, 0.25) is 0 Å². The SMILES string of the molecule is COc1ccc(CC(O)Cc2ncnn2CC(C)C)cn1. The Morgan fingerprint density at radius 2 is 2.05 bits per heavy atom. The highest BCUT2D eigenvalue weighted by atomic mass is 16.5. The second-order valence-corrected chi connectivity index (χ2v) is 5.52. The molecule has 0 amide bonds. The van der Waals surface area contributed by atoms with E-state index in [9.17, 15) is 5.11 Å². The fourth-order valence-corrected chi connectivity index (χ4v) is 2.15. The van der Waals surface area contributed by atoms with Crippen molar-refractivity contribution < 1.29 is 9.84 Å². The van der Waals surface area contributed by atoms with E-state index in [2.05, 4.69) is 28.9 Å². The third-order valence-electron chi connectivity index (χ3n) is 3.13. The van der Waals surface area contributed by atoms with Crippen molar-refractivity contribution in [2.45, 2.75) is 39.3 Å². The molecule has 1 unspecified atom stereocenters. The van der Waals surface area contributed by atoms with Crippen LogP contribution in [0, 0.1) is 5.92 Å². The predicted molar refractivity (Wildman–Crippen MR) is 79.1 cm³/mol. The van der Waals surface area contributed by atoms with Crippen molar-refractivity contribution in [2.24, 2.45) is 5.92 Å². The van der Waals surface area contributed by atoms with Gasteiger partial charge in [-0.2, -0.15) is 5.10 Å². The van der Waals surface area contributed by atoms with Gasteiger partial charge >= 0.3 is 0 Å². The molecule has 0 radical (unpaired) electrons. The summed E-state index contributed by atoms with van der Waals surface area (Å²) in [6.45, 7) is 5.07. The molecular weight excluding hydrogens is 268 g/mol. The maximum absolute atomic E-state index is 10.2. The van der Waals surface area contributed by atoms with E-state index in [1.807, 2.05) is 10.7 Å². The van der Waals surface area contributed by atoms with Crippen molar-refractivity contribution in [3.05, 3.63) is 36.0 Å². The molecule has 6 nitrogen and oxygen atoms in total. The van der Waals surface area contributed by atoms with Gasteiger partial charge in [0.2, 0.25) is 5.88 Å². The lowest BCUT2D eigenvalue weighted by atomic mass is 10.1. The van der Waals surface area contributed by atoms with E-state index in [4.69, 9.17) is 4.74 Å². The molecule has 6 heteroatoms. The third kappa shape index (κ3) is 4.53. The van der Waals surface area contributed by atoms with Gasteiger partial charge in [0.25, 0.3) is 0 Å². The molecule has 21 heavy (non-hydrogen) atoms. The molecule has 0 saturated carbocycles. The van der Waals surface area contributed by atoms with Gasteiger partial charge in [0, 0.05) is 31.6 Å². The number of hydrogen-bond acceptors (Lipinski definition) is 5. The maximum atomic E-state index is 10.2. The number of methoxy groups -OCH3 is 1. The summed E-state index contributed by atoms with van der Waals surface area (Å²) in [4.78, 5) is 8.37. The van der Waals surface area contributed by atoms with Crippen molar-refractivity contribution in [1.82, 2.24) is 19.7 Å². The lowest BCUT2D eigenvalue weighted by Crippen LogP contribution is -2.19. The van der Waals surface area contributed by atoms with Crippen LogP contribution in [-0.4, -0.2) is 38.1 Å². The van der Waals surface area contributed by atoms with Crippen molar-refractivity contribution in [1.29, 1.82) is 0 Å². The van der Waals surface area contributed by atoms with Crippen LogP contribution in [0.5, 0.6) is 5.88 Å². The van der Waals surface area contributed by atoms with Crippen molar-refractivity contribution in [2.75, 3.05) is 7.11 Å². The molecule has 0 aliphatic carbocycles. The third-order valence-corrected chi connectivity index (χ3v) is 3.13. The van der Waals surface area contributed by atoms with Crippen LogP contribution in [-0.2, 0) is 19.4 Å².